The maximum Gasteiger partial charge on any atom is 0.125 e. The summed E-state index contributed by atoms with van der Waals surface area (Å²) in [6.07, 6.45) is 5.63. The van der Waals surface area contributed by atoms with Crippen LogP contribution in [0.3, 0.4) is 0 Å². The van der Waals surface area contributed by atoms with Gasteiger partial charge in [-0.15, -0.1) is 0 Å². The Balaban J connectivity index is 0.000000142. The van der Waals surface area contributed by atoms with Crippen LogP contribution < -0.4 is 0 Å². The first kappa shape index (κ1) is 70.7. The highest BCUT2D eigenvalue weighted by molar-refractivity contribution is 5.89. The van der Waals surface area contributed by atoms with Crippen molar-refractivity contribution >= 4 is 0 Å². The van der Waals surface area contributed by atoms with Gasteiger partial charge in [-0.25, -0.2) is 9.97 Å². The minimum absolute atomic E-state index is 0.262. The Morgan fingerprint density at radius 2 is 0.639 bits per heavy atom. The maximum atomic E-state index is 4.23. The van der Waals surface area contributed by atoms with E-state index in [1.54, 1.807) is 0 Å². The number of fused-ring (bicyclic) bond motifs is 6. The van der Waals surface area contributed by atoms with E-state index in [0.717, 1.165) is 45.7 Å². The van der Waals surface area contributed by atoms with E-state index < -0.39 is 0 Å². The molecular formula is C91H94N6. The lowest BCUT2D eigenvalue weighted by atomic mass is 9.67. The smallest absolute Gasteiger partial charge is 0.125 e. The van der Waals surface area contributed by atoms with Gasteiger partial charge in [0.25, 0.3) is 0 Å². The third kappa shape index (κ3) is 16.4. The summed E-state index contributed by atoms with van der Waals surface area (Å²) in [5.74, 6) is 0.854. The highest BCUT2D eigenvalue weighted by Crippen LogP contribution is 2.58. The van der Waals surface area contributed by atoms with Crippen LogP contribution in [0.4, 0.5) is 0 Å². The summed E-state index contributed by atoms with van der Waals surface area (Å²) in [5.41, 5.74) is 35.1. The topological polar surface area (TPSA) is 77.3 Å². The predicted molar refractivity (Wildman–Crippen MR) is 407 cm³/mol. The Morgan fingerprint density at radius 1 is 0.258 bits per heavy atom. The van der Waals surface area contributed by atoms with Gasteiger partial charge in [0.2, 0.25) is 0 Å². The molecule has 488 valence electrons. The average molecular weight is 1270 g/mol. The van der Waals surface area contributed by atoms with Crippen LogP contribution in [0, 0.1) is 118 Å². The standard InChI is InChI=1S/2C26H20.4C8H11N.C7H10N2/c1-19-11-10-18-24-25(19)22-16-8-9-17-23(22)26(24,20-12-4-2-5-13-20)21-14-6-3-7-15-21;1-19-16-17-25-23(18-19)22-14-8-9-15-24(22)26(25,20-10-4-2-5-11-20)21-12-6-3-7-13-21;1-6-4-9-5-7(2)8(6)3;2*1-6-4-7(2)9-8(3)5-6;1-6-4-5-9-8(3)7(6)2;1-5-4-6(2)9-7(3)8-5/h2*2-18H,1H3;4*4-5H,1-3H3;4H,1-3H3. The molecule has 0 fully saturated rings. The number of aromatic nitrogens is 6. The summed E-state index contributed by atoms with van der Waals surface area (Å²) < 4.78 is 0. The molecule has 0 saturated carbocycles. The molecule has 0 amide bonds. The van der Waals surface area contributed by atoms with Gasteiger partial charge in [0.1, 0.15) is 5.82 Å². The van der Waals surface area contributed by atoms with Crippen molar-refractivity contribution in [2.45, 2.75) is 129 Å². The van der Waals surface area contributed by atoms with Crippen molar-refractivity contribution in [3.63, 3.8) is 0 Å². The average Bonchev–Trinajstić information content (AvgIpc) is 1.56. The lowest BCUT2D eigenvalue weighted by molar-refractivity contribution is 0.768. The lowest BCUT2D eigenvalue weighted by Crippen LogP contribution is -2.28. The van der Waals surface area contributed by atoms with Crippen LogP contribution in [0.25, 0.3) is 22.3 Å². The first-order valence-electron chi connectivity index (χ1n) is 33.7. The molecule has 2 aliphatic rings. The van der Waals surface area contributed by atoms with Gasteiger partial charge in [-0.3, -0.25) is 19.9 Å². The zero-order valence-corrected chi connectivity index (χ0v) is 60.0. The monoisotopic (exact) mass is 1270 g/mol. The first-order chi connectivity index (χ1) is 46.6. The fraction of sp³-hybridized carbons (Fsp3) is 0.209. The number of hydrogen-bond donors (Lipinski definition) is 0. The van der Waals surface area contributed by atoms with Crippen LogP contribution in [0.2, 0.25) is 0 Å². The normalized spacial score (nSPS) is 11.9. The molecule has 8 aromatic carbocycles. The number of benzene rings is 8. The number of aryl methyl sites for hydroxylation is 15. The van der Waals surface area contributed by atoms with Gasteiger partial charge in [-0.2, -0.15) is 0 Å². The Labute approximate surface area is 578 Å². The molecule has 0 bridgehead atoms. The summed E-state index contributed by atoms with van der Waals surface area (Å²) in [6.45, 7) is 35.0. The van der Waals surface area contributed by atoms with Crippen LogP contribution in [-0.2, 0) is 10.8 Å². The van der Waals surface area contributed by atoms with E-state index >= 15 is 0 Å². The molecule has 0 aliphatic heterocycles. The van der Waals surface area contributed by atoms with Gasteiger partial charge in [0.15, 0.2) is 0 Å². The molecule has 13 aromatic rings. The van der Waals surface area contributed by atoms with E-state index in [9.17, 15) is 0 Å². The molecule has 0 radical (unpaired) electrons. The second-order valence-corrected chi connectivity index (χ2v) is 25.9. The summed E-state index contributed by atoms with van der Waals surface area (Å²) in [7, 11) is 0. The number of rotatable bonds is 4. The predicted octanol–water partition coefficient (Wildman–Crippen LogP) is 22.1. The minimum atomic E-state index is -0.263. The van der Waals surface area contributed by atoms with Crippen LogP contribution in [-0.4, -0.2) is 29.9 Å². The molecule has 15 rings (SSSR count). The van der Waals surface area contributed by atoms with Crippen LogP contribution in [0.15, 0.2) is 261 Å². The van der Waals surface area contributed by atoms with Crippen molar-refractivity contribution in [3.05, 3.63) is 402 Å². The maximum absolute atomic E-state index is 4.23. The molecular weight excluding hydrogens is 1180 g/mol. The van der Waals surface area contributed by atoms with E-state index in [1.807, 2.05) is 86.1 Å². The molecule has 0 spiro atoms. The quantitative estimate of drug-likeness (QED) is 0.175. The van der Waals surface area contributed by atoms with E-state index in [4.69, 9.17) is 0 Å². The Hall–Kier alpha value is -10.6. The molecule has 5 aromatic heterocycles. The van der Waals surface area contributed by atoms with Gasteiger partial charge < -0.3 is 0 Å². The van der Waals surface area contributed by atoms with Gasteiger partial charge in [-0.05, 0) is 265 Å². The summed E-state index contributed by atoms with van der Waals surface area (Å²) in [4.78, 5) is 24.9. The highest BCUT2D eigenvalue weighted by Gasteiger charge is 2.47. The molecule has 6 nitrogen and oxygen atoms in total. The van der Waals surface area contributed by atoms with Crippen molar-refractivity contribution in [2.75, 3.05) is 0 Å². The van der Waals surface area contributed by atoms with Gasteiger partial charge in [0, 0.05) is 58.4 Å². The van der Waals surface area contributed by atoms with Crippen molar-refractivity contribution in [2.24, 2.45) is 0 Å². The number of nitrogens with zero attached hydrogens (tertiary/aromatic N) is 6. The Morgan fingerprint density at radius 3 is 1.05 bits per heavy atom. The molecule has 2 aliphatic carbocycles. The van der Waals surface area contributed by atoms with Gasteiger partial charge in [0.05, 0.1) is 10.8 Å². The first-order valence-corrected chi connectivity index (χ1v) is 33.7. The second-order valence-electron chi connectivity index (χ2n) is 25.9. The molecule has 0 atom stereocenters. The fourth-order valence-electron chi connectivity index (χ4n) is 13.8. The van der Waals surface area contributed by atoms with Gasteiger partial charge in [-0.1, -0.05) is 212 Å². The van der Waals surface area contributed by atoms with Crippen LogP contribution >= 0.6 is 0 Å². The van der Waals surface area contributed by atoms with E-state index in [-0.39, 0.29) is 10.8 Å². The summed E-state index contributed by atoms with van der Waals surface area (Å²) in [5, 5.41) is 0. The number of pyridine rings is 4. The molecule has 97 heavy (non-hydrogen) atoms. The largest absolute Gasteiger partial charge is 0.264 e. The van der Waals surface area contributed by atoms with Crippen LogP contribution in [0.1, 0.15) is 140 Å². The second kappa shape index (κ2) is 32.3. The third-order valence-corrected chi connectivity index (χ3v) is 18.3. The Bertz CT molecular complexity index is 4330. The summed E-state index contributed by atoms with van der Waals surface area (Å²) in [6, 6.07) is 87.4. The van der Waals surface area contributed by atoms with Gasteiger partial charge >= 0.3 is 0 Å². The molecule has 5 heterocycles. The zero-order chi connectivity index (χ0) is 69.4. The van der Waals surface area contributed by atoms with Crippen molar-refractivity contribution in [3.8, 4) is 22.3 Å². The number of hydrogen-bond acceptors (Lipinski definition) is 6. The molecule has 0 saturated heterocycles. The zero-order valence-electron chi connectivity index (χ0n) is 60.0. The highest BCUT2D eigenvalue weighted by atomic mass is 14.9. The third-order valence-electron chi connectivity index (χ3n) is 18.3. The SMILES string of the molecule is Cc1cc(C)nc(C)c1.Cc1cc(C)nc(C)c1.Cc1cc(C)nc(C)n1.Cc1ccc2c(c1)-c1ccccc1C2(c1ccccc1)c1ccccc1.Cc1cccc2c1-c1ccccc1C2(c1ccccc1)c1ccccc1.Cc1ccnc(C)c1C.Cc1cncc(C)c1C. The minimum Gasteiger partial charge on any atom is -0.264 e. The fourth-order valence-corrected chi connectivity index (χ4v) is 13.8. The van der Waals surface area contributed by atoms with E-state index in [1.165, 1.54) is 117 Å². The van der Waals surface area contributed by atoms with Crippen molar-refractivity contribution in [1.29, 1.82) is 0 Å². The Kier molecular flexibility index (Phi) is 23.5. The van der Waals surface area contributed by atoms with Crippen molar-refractivity contribution < 1.29 is 0 Å². The van der Waals surface area contributed by atoms with E-state index in [2.05, 4.69) is 323 Å². The molecule has 0 N–H and O–H groups in total. The molecule has 6 heteroatoms. The van der Waals surface area contributed by atoms with Crippen molar-refractivity contribution in [1.82, 2.24) is 29.9 Å². The lowest BCUT2D eigenvalue weighted by Gasteiger charge is -2.33. The van der Waals surface area contributed by atoms with E-state index in [0.29, 0.717) is 0 Å². The summed E-state index contributed by atoms with van der Waals surface area (Å²) >= 11 is 0. The molecule has 0 unspecified atom stereocenters. The van der Waals surface area contributed by atoms with Crippen LogP contribution in [0.5, 0.6) is 0 Å².